The number of carbonyl (C=O) groups is 7. The van der Waals surface area contributed by atoms with E-state index in [2.05, 4.69) is 4.84 Å². The van der Waals surface area contributed by atoms with Gasteiger partial charge in [-0.05, 0) is 12.8 Å². The van der Waals surface area contributed by atoms with Crippen LogP contribution in [0.4, 0.5) is 0 Å². The van der Waals surface area contributed by atoms with Crippen LogP contribution in [0.15, 0.2) is 0 Å². The first kappa shape index (κ1) is 21.2. The Labute approximate surface area is 159 Å². The smallest absolute Gasteiger partial charge is 0.330 e. The number of unbranched alkanes of at least 4 members (excludes halogenated alkanes) is 1. The SMILES string of the molecule is O=C(CCCCC(=O)ON1C(=O)CCC1=O)CCC(=O)ON1C(=O)CCC1=O. The Morgan fingerprint density at radius 2 is 1.00 bits per heavy atom. The Morgan fingerprint density at radius 1 is 0.607 bits per heavy atom. The molecule has 0 aliphatic carbocycles. The first-order valence-corrected chi connectivity index (χ1v) is 8.93. The highest BCUT2D eigenvalue weighted by atomic mass is 16.7. The summed E-state index contributed by atoms with van der Waals surface area (Å²) in [5, 5.41) is 0.892. The highest BCUT2D eigenvalue weighted by Gasteiger charge is 2.33. The highest BCUT2D eigenvalue weighted by Crippen LogP contribution is 2.15. The number of amides is 4. The van der Waals surface area contributed by atoms with Crippen molar-refractivity contribution in [1.82, 2.24) is 10.1 Å². The number of hydrogen-bond donors (Lipinski definition) is 0. The van der Waals surface area contributed by atoms with Crippen LogP contribution in [-0.2, 0) is 43.2 Å². The van der Waals surface area contributed by atoms with Crippen LogP contribution in [0.3, 0.4) is 0 Å². The lowest BCUT2D eigenvalue weighted by Gasteiger charge is -2.12. The maximum absolute atomic E-state index is 11.8. The molecule has 0 saturated carbocycles. The van der Waals surface area contributed by atoms with Crippen LogP contribution in [0.5, 0.6) is 0 Å². The molecule has 11 heteroatoms. The van der Waals surface area contributed by atoms with E-state index in [1.165, 1.54) is 0 Å². The third kappa shape index (κ3) is 5.96. The molecule has 0 spiro atoms. The van der Waals surface area contributed by atoms with Gasteiger partial charge in [0, 0.05) is 44.9 Å². The molecule has 11 nitrogen and oxygen atoms in total. The van der Waals surface area contributed by atoms with Crippen LogP contribution >= 0.6 is 0 Å². The fraction of sp³-hybridized carbons (Fsp3) is 0.588. The maximum Gasteiger partial charge on any atom is 0.333 e. The largest absolute Gasteiger partial charge is 0.333 e. The van der Waals surface area contributed by atoms with Crippen molar-refractivity contribution in [3.05, 3.63) is 0 Å². The first-order valence-electron chi connectivity index (χ1n) is 8.93. The number of ketones is 1. The summed E-state index contributed by atoms with van der Waals surface area (Å²) in [5.74, 6) is -4.12. The maximum atomic E-state index is 11.8. The molecule has 2 rings (SSSR count). The van der Waals surface area contributed by atoms with Crippen molar-refractivity contribution in [1.29, 1.82) is 0 Å². The normalized spacial score (nSPS) is 16.7. The Kier molecular flexibility index (Phi) is 7.36. The fourth-order valence-electron chi connectivity index (χ4n) is 2.57. The molecule has 0 aromatic heterocycles. The van der Waals surface area contributed by atoms with Crippen molar-refractivity contribution < 1.29 is 43.2 Å². The van der Waals surface area contributed by atoms with Crippen molar-refractivity contribution in [3.63, 3.8) is 0 Å². The third-order valence-corrected chi connectivity index (χ3v) is 4.09. The zero-order chi connectivity index (χ0) is 20.7. The van der Waals surface area contributed by atoms with Crippen LogP contribution in [-0.4, -0.2) is 51.5 Å². The van der Waals surface area contributed by atoms with Crippen molar-refractivity contribution in [2.45, 2.75) is 64.2 Å². The van der Waals surface area contributed by atoms with Gasteiger partial charge in [0.05, 0.1) is 6.42 Å². The number of Topliss-reactive ketones (excluding diaryl/α,β-unsaturated/α-hetero) is 1. The highest BCUT2D eigenvalue weighted by molar-refractivity contribution is 6.02. The lowest BCUT2D eigenvalue weighted by molar-refractivity contribution is -0.197. The number of nitrogens with zero attached hydrogens (tertiary/aromatic N) is 2. The third-order valence-electron chi connectivity index (χ3n) is 4.09. The average Bonchev–Trinajstić information content (AvgIpc) is 3.13. The van der Waals surface area contributed by atoms with Gasteiger partial charge in [-0.15, -0.1) is 10.1 Å². The second-order valence-electron chi connectivity index (χ2n) is 6.34. The topological polar surface area (TPSA) is 144 Å². The molecule has 0 atom stereocenters. The molecule has 0 radical (unpaired) electrons. The van der Waals surface area contributed by atoms with Crippen molar-refractivity contribution in [3.8, 4) is 0 Å². The van der Waals surface area contributed by atoms with E-state index in [0.717, 1.165) is 0 Å². The summed E-state index contributed by atoms with van der Waals surface area (Å²) < 4.78 is 0. The van der Waals surface area contributed by atoms with Gasteiger partial charge >= 0.3 is 11.9 Å². The number of hydrogen-bond acceptors (Lipinski definition) is 9. The average molecular weight is 396 g/mol. The van der Waals surface area contributed by atoms with Gasteiger partial charge in [0.15, 0.2) is 0 Å². The van der Waals surface area contributed by atoms with Crippen molar-refractivity contribution in [2.24, 2.45) is 0 Å². The minimum absolute atomic E-state index is 0.00639. The molecule has 152 valence electrons. The van der Waals surface area contributed by atoms with E-state index in [4.69, 9.17) is 4.84 Å². The predicted octanol–water partition coefficient (Wildman–Crippen LogP) is 0.110. The zero-order valence-corrected chi connectivity index (χ0v) is 15.1. The van der Waals surface area contributed by atoms with Crippen LogP contribution in [0.2, 0.25) is 0 Å². The summed E-state index contributed by atoms with van der Waals surface area (Å²) in [6.45, 7) is 0. The fourth-order valence-corrected chi connectivity index (χ4v) is 2.57. The molecule has 2 aliphatic heterocycles. The number of carbonyl (C=O) groups excluding carboxylic acids is 7. The van der Waals surface area contributed by atoms with Gasteiger partial charge in [-0.2, -0.15) is 0 Å². The number of rotatable bonds is 10. The molecular weight excluding hydrogens is 376 g/mol. The molecule has 28 heavy (non-hydrogen) atoms. The molecule has 2 aliphatic rings. The van der Waals surface area contributed by atoms with Gasteiger partial charge in [0.1, 0.15) is 5.78 Å². The quantitative estimate of drug-likeness (QED) is 0.371. The molecule has 0 aromatic carbocycles. The van der Waals surface area contributed by atoms with Crippen molar-refractivity contribution in [2.75, 3.05) is 0 Å². The molecule has 4 amide bonds. The monoisotopic (exact) mass is 396 g/mol. The van der Waals surface area contributed by atoms with E-state index in [0.29, 0.717) is 23.0 Å². The molecule has 2 fully saturated rings. The van der Waals surface area contributed by atoms with Crippen LogP contribution < -0.4 is 0 Å². The first-order chi connectivity index (χ1) is 13.3. The van der Waals surface area contributed by atoms with E-state index in [1.807, 2.05) is 0 Å². The summed E-state index contributed by atoms with van der Waals surface area (Å²) in [5.41, 5.74) is 0. The Morgan fingerprint density at radius 3 is 1.46 bits per heavy atom. The summed E-state index contributed by atoms with van der Waals surface area (Å²) in [4.78, 5) is 89.5. The van der Waals surface area contributed by atoms with Gasteiger partial charge < -0.3 is 9.68 Å². The van der Waals surface area contributed by atoms with Gasteiger partial charge in [0.2, 0.25) is 0 Å². The van der Waals surface area contributed by atoms with E-state index in [-0.39, 0.29) is 57.1 Å². The molecule has 0 aromatic rings. The molecule has 0 bridgehead atoms. The second-order valence-corrected chi connectivity index (χ2v) is 6.34. The van der Waals surface area contributed by atoms with Crippen LogP contribution in [0.25, 0.3) is 0 Å². The molecule has 0 N–H and O–H groups in total. The lowest BCUT2D eigenvalue weighted by Crippen LogP contribution is -2.32. The van der Waals surface area contributed by atoms with Gasteiger partial charge in [0.25, 0.3) is 23.6 Å². The number of hydroxylamine groups is 4. The van der Waals surface area contributed by atoms with E-state index in [1.54, 1.807) is 0 Å². The van der Waals surface area contributed by atoms with Gasteiger partial charge in [-0.25, -0.2) is 9.59 Å². The summed E-state index contributed by atoms with van der Waals surface area (Å²) in [7, 11) is 0. The molecule has 0 unspecified atom stereocenters. The minimum atomic E-state index is -0.847. The minimum Gasteiger partial charge on any atom is -0.330 e. The predicted molar refractivity (Wildman–Crippen MR) is 87.1 cm³/mol. The van der Waals surface area contributed by atoms with E-state index >= 15 is 0 Å². The summed E-state index contributed by atoms with van der Waals surface area (Å²) >= 11 is 0. The Hall–Kier alpha value is -3.11. The number of imide groups is 2. The lowest BCUT2D eigenvalue weighted by atomic mass is 10.1. The Bertz CT molecular complexity index is 683. The zero-order valence-electron chi connectivity index (χ0n) is 15.1. The van der Waals surface area contributed by atoms with Gasteiger partial charge in [-0.1, -0.05) is 0 Å². The van der Waals surface area contributed by atoms with E-state index in [9.17, 15) is 33.6 Å². The molecule has 2 saturated heterocycles. The van der Waals surface area contributed by atoms with Crippen LogP contribution in [0, 0.1) is 0 Å². The van der Waals surface area contributed by atoms with Crippen LogP contribution in [0.1, 0.15) is 64.2 Å². The van der Waals surface area contributed by atoms with E-state index < -0.39 is 35.6 Å². The summed E-state index contributed by atoms with van der Waals surface area (Å²) in [6.07, 6.45) is 0.353. The van der Waals surface area contributed by atoms with Crippen molar-refractivity contribution >= 4 is 41.4 Å². The second kappa shape index (κ2) is 9.72. The standard InChI is InChI=1S/C17H20N2O9/c20-11(5-10-17(26)28-19-14(23)8-9-15(19)24)3-1-2-4-16(25)27-18-12(21)6-7-13(18)22/h1-10H2. The Balaban J connectivity index is 1.56. The summed E-state index contributed by atoms with van der Waals surface area (Å²) in [6, 6.07) is 0. The molecule has 2 heterocycles. The van der Waals surface area contributed by atoms with Gasteiger partial charge in [-0.3, -0.25) is 24.0 Å². The molecular formula is C17H20N2O9.